The lowest BCUT2D eigenvalue weighted by atomic mass is 10.1. The van der Waals surface area contributed by atoms with Gasteiger partial charge in [-0.05, 0) is 16.9 Å². The molecule has 0 heterocycles. The third-order valence-electron chi connectivity index (χ3n) is 1.72. The molecule has 0 aromatic heterocycles. The molecule has 1 aromatic rings. The summed E-state index contributed by atoms with van der Waals surface area (Å²) < 4.78 is 0. The Hall–Kier alpha value is -0.140. The summed E-state index contributed by atoms with van der Waals surface area (Å²) in [7, 11) is 0. The fraction of sp³-hybridized carbons (Fsp3) is 0.400. The molecule has 0 aliphatic rings. The van der Waals surface area contributed by atoms with Gasteiger partial charge in [0.05, 0.1) is 0 Å². The minimum Gasteiger partial charge on any atom is -0.157 e. The maximum Gasteiger partial charge on any atom is 0.0477 e. The molecule has 0 bridgehead atoms. The monoisotopic (exact) mass is 200 g/mol. The van der Waals surface area contributed by atoms with Gasteiger partial charge in [-0.1, -0.05) is 31.2 Å². The largest absolute Gasteiger partial charge is 0.157 e. The molecule has 0 aliphatic heterocycles. The van der Waals surface area contributed by atoms with Gasteiger partial charge in [-0.15, -0.1) is 11.6 Å². The van der Waals surface area contributed by atoms with Crippen molar-refractivity contribution in [2.75, 3.05) is 5.75 Å². The van der Waals surface area contributed by atoms with Crippen LogP contribution in [0.3, 0.4) is 0 Å². The summed E-state index contributed by atoms with van der Waals surface area (Å²) in [5.41, 5.74) is 2.64. The SMILES string of the molecule is CCSCc1ccccc1CCl. The standard InChI is InChI=1S/C10H13ClS/c1-2-12-8-10-6-4-3-5-9(10)7-11/h3-6H,2,7-8H2,1H3. The maximum absolute atomic E-state index is 5.80. The highest BCUT2D eigenvalue weighted by molar-refractivity contribution is 7.98. The van der Waals surface area contributed by atoms with E-state index >= 15 is 0 Å². The van der Waals surface area contributed by atoms with Crippen LogP contribution in [0.15, 0.2) is 24.3 Å². The van der Waals surface area contributed by atoms with Gasteiger partial charge >= 0.3 is 0 Å². The Morgan fingerprint density at radius 2 is 1.92 bits per heavy atom. The second kappa shape index (κ2) is 5.50. The first-order valence-corrected chi connectivity index (χ1v) is 5.78. The highest BCUT2D eigenvalue weighted by Gasteiger charge is 1.98. The van der Waals surface area contributed by atoms with Gasteiger partial charge in [-0.2, -0.15) is 11.8 Å². The Balaban J connectivity index is 2.68. The van der Waals surface area contributed by atoms with E-state index in [0.29, 0.717) is 5.88 Å². The van der Waals surface area contributed by atoms with E-state index in [1.165, 1.54) is 11.1 Å². The summed E-state index contributed by atoms with van der Waals surface area (Å²) in [5.74, 6) is 2.87. The Morgan fingerprint density at radius 3 is 2.50 bits per heavy atom. The third kappa shape index (κ3) is 2.72. The average Bonchev–Trinajstić information content (AvgIpc) is 2.15. The molecule has 0 unspecified atom stereocenters. The van der Waals surface area contributed by atoms with Crippen LogP contribution in [0.5, 0.6) is 0 Å². The van der Waals surface area contributed by atoms with Gasteiger partial charge in [0.25, 0.3) is 0 Å². The third-order valence-corrected chi connectivity index (χ3v) is 2.94. The van der Waals surface area contributed by atoms with E-state index < -0.39 is 0 Å². The number of hydrogen-bond donors (Lipinski definition) is 0. The summed E-state index contributed by atoms with van der Waals surface area (Å²) in [4.78, 5) is 0. The van der Waals surface area contributed by atoms with E-state index in [-0.39, 0.29) is 0 Å². The van der Waals surface area contributed by atoms with Crippen molar-refractivity contribution in [3.63, 3.8) is 0 Å². The Labute approximate surface area is 83.3 Å². The minimum absolute atomic E-state index is 0.625. The molecule has 0 fully saturated rings. The smallest absolute Gasteiger partial charge is 0.0477 e. The van der Waals surface area contributed by atoms with Crippen LogP contribution in [0.25, 0.3) is 0 Å². The molecule has 1 aromatic carbocycles. The van der Waals surface area contributed by atoms with Crippen LogP contribution in [0.1, 0.15) is 18.1 Å². The van der Waals surface area contributed by atoms with Crippen molar-refractivity contribution in [2.24, 2.45) is 0 Å². The second-order valence-electron chi connectivity index (χ2n) is 2.54. The number of thioether (sulfide) groups is 1. The lowest BCUT2D eigenvalue weighted by Gasteiger charge is -2.04. The quantitative estimate of drug-likeness (QED) is 0.669. The zero-order valence-corrected chi connectivity index (χ0v) is 8.79. The van der Waals surface area contributed by atoms with Crippen LogP contribution in [-0.2, 0) is 11.6 Å². The van der Waals surface area contributed by atoms with Crippen LogP contribution in [-0.4, -0.2) is 5.75 Å². The number of rotatable bonds is 4. The van der Waals surface area contributed by atoms with Crippen molar-refractivity contribution in [2.45, 2.75) is 18.6 Å². The summed E-state index contributed by atoms with van der Waals surface area (Å²) in [5, 5.41) is 0. The number of benzene rings is 1. The minimum atomic E-state index is 0.625. The lowest BCUT2D eigenvalue weighted by Crippen LogP contribution is -1.88. The zero-order valence-electron chi connectivity index (χ0n) is 7.22. The van der Waals surface area contributed by atoms with Crippen LogP contribution in [0, 0.1) is 0 Å². The van der Waals surface area contributed by atoms with E-state index in [9.17, 15) is 0 Å². The van der Waals surface area contributed by atoms with Crippen LogP contribution < -0.4 is 0 Å². The predicted octanol–water partition coefficient (Wildman–Crippen LogP) is 3.68. The van der Waals surface area contributed by atoms with E-state index in [0.717, 1.165) is 11.5 Å². The molecule has 1 rings (SSSR count). The van der Waals surface area contributed by atoms with E-state index in [1.807, 2.05) is 17.8 Å². The number of hydrogen-bond acceptors (Lipinski definition) is 1. The second-order valence-corrected chi connectivity index (χ2v) is 4.08. The highest BCUT2D eigenvalue weighted by Crippen LogP contribution is 2.17. The first kappa shape index (κ1) is 9.94. The summed E-state index contributed by atoms with van der Waals surface area (Å²) in [6.45, 7) is 2.17. The van der Waals surface area contributed by atoms with Crippen molar-refractivity contribution in [1.82, 2.24) is 0 Å². The normalized spacial score (nSPS) is 10.2. The average molecular weight is 201 g/mol. The van der Waals surface area contributed by atoms with Gasteiger partial charge < -0.3 is 0 Å². The highest BCUT2D eigenvalue weighted by atomic mass is 35.5. The van der Waals surface area contributed by atoms with E-state index in [2.05, 4.69) is 25.1 Å². The van der Waals surface area contributed by atoms with Crippen LogP contribution >= 0.6 is 23.4 Å². The van der Waals surface area contributed by atoms with Crippen molar-refractivity contribution in [1.29, 1.82) is 0 Å². The molecule has 0 nitrogen and oxygen atoms in total. The maximum atomic E-state index is 5.80. The molecule has 0 spiro atoms. The Bertz CT molecular complexity index is 235. The molecule has 0 aliphatic carbocycles. The van der Waals surface area contributed by atoms with Crippen LogP contribution in [0.2, 0.25) is 0 Å². The lowest BCUT2D eigenvalue weighted by molar-refractivity contribution is 1.27. The molecule has 0 saturated carbocycles. The Kier molecular flexibility index (Phi) is 4.55. The number of alkyl halides is 1. The number of halogens is 1. The Morgan fingerprint density at radius 1 is 1.25 bits per heavy atom. The summed E-state index contributed by atoms with van der Waals surface area (Å²) >= 11 is 7.73. The van der Waals surface area contributed by atoms with Gasteiger partial charge in [0.1, 0.15) is 0 Å². The summed E-state index contributed by atoms with van der Waals surface area (Å²) in [6.07, 6.45) is 0. The van der Waals surface area contributed by atoms with Gasteiger partial charge in [0, 0.05) is 11.6 Å². The molecule has 12 heavy (non-hydrogen) atoms. The molecule has 2 heteroatoms. The van der Waals surface area contributed by atoms with Gasteiger partial charge in [0.2, 0.25) is 0 Å². The van der Waals surface area contributed by atoms with Crippen molar-refractivity contribution in [3.8, 4) is 0 Å². The van der Waals surface area contributed by atoms with Crippen molar-refractivity contribution < 1.29 is 0 Å². The summed E-state index contributed by atoms with van der Waals surface area (Å²) in [6, 6.07) is 8.36. The topological polar surface area (TPSA) is 0 Å². The van der Waals surface area contributed by atoms with Crippen molar-refractivity contribution >= 4 is 23.4 Å². The zero-order chi connectivity index (χ0) is 8.81. The first-order valence-electron chi connectivity index (χ1n) is 4.09. The fourth-order valence-electron chi connectivity index (χ4n) is 1.04. The van der Waals surface area contributed by atoms with E-state index in [4.69, 9.17) is 11.6 Å². The molecule has 0 N–H and O–H groups in total. The molecule has 0 saturated heterocycles. The van der Waals surface area contributed by atoms with Crippen LogP contribution in [0.4, 0.5) is 0 Å². The molecule has 0 radical (unpaired) electrons. The molecular weight excluding hydrogens is 188 g/mol. The van der Waals surface area contributed by atoms with Gasteiger partial charge in [-0.25, -0.2) is 0 Å². The molecular formula is C10H13ClS. The molecule has 66 valence electrons. The van der Waals surface area contributed by atoms with Crippen molar-refractivity contribution in [3.05, 3.63) is 35.4 Å². The van der Waals surface area contributed by atoms with Gasteiger partial charge in [-0.3, -0.25) is 0 Å². The first-order chi connectivity index (χ1) is 5.88. The molecule has 0 amide bonds. The predicted molar refractivity (Wildman–Crippen MR) is 57.8 cm³/mol. The fourth-order valence-corrected chi connectivity index (χ4v) is 2.01. The molecule has 0 atom stereocenters. The van der Waals surface area contributed by atoms with E-state index in [1.54, 1.807) is 0 Å². The van der Waals surface area contributed by atoms with Gasteiger partial charge in [0.15, 0.2) is 0 Å².